The molecule has 2 aromatic rings. The smallest absolute Gasteiger partial charge is 0.356 e. The van der Waals surface area contributed by atoms with Crippen molar-refractivity contribution < 1.29 is 9.53 Å². The average molecular weight is 244 g/mol. The second-order valence-electron chi connectivity index (χ2n) is 4.12. The van der Waals surface area contributed by atoms with Gasteiger partial charge in [0, 0.05) is 12.6 Å². The number of nitrogens with zero attached hydrogens (tertiary/aromatic N) is 2. The second-order valence-corrected chi connectivity index (χ2v) is 4.12. The van der Waals surface area contributed by atoms with E-state index in [0.717, 1.165) is 11.3 Å². The van der Waals surface area contributed by atoms with Gasteiger partial charge in [-0.2, -0.15) is 5.10 Å². The molecule has 94 valence electrons. The van der Waals surface area contributed by atoms with Crippen LogP contribution in [0.25, 0.3) is 11.3 Å². The van der Waals surface area contributed by atoms with E-state index in [0.29, 0.717) is 12.3 Å². The summed E-state index contributed by atoms with van der Waals surface area (Å²) in [5.74, 6) is -0.342. The molecule has 0 spiro atoms. The maximum Gasteiger partial charge on any atom is 0.356 e. The average Bonchev–Trinajstić information content (AvgIpc) is 2.72. The molecule has 0 aliphatic rings. The van der Waals surface area contributed by atoms with E-state index in [4.69, 9.17) is 4.74 Å². The molecule has 4 heteroatoms. The van der Waals surface area contributed by atoms with Gasteiger partial charge in [-0.05, 0) is 19.9 Å². The fraction of sp³-hybridized carbons (Fsp3) is 0.286. The molecule has 1 aromatic carbocycles. The Balaban J connectivity index is 2.34. The van der Waals surface area contributed by atoms with Crippen molar-refractivity contribution in [2.45, 2.75) is 13.8 Å². The molecule has 0 amide bonds. The topological polar surface area (TPSA) is 44.1 Å². The molecule has 2 rings (SSSR count). The number of hydrogen-bond acceptors (Lipinski definition) is 3. The summed E-state index contributed by atoms with van der Waals surface area (Å²) in [6.45, 7) is 4.19. The van der Waals surface area contributed by atoms with Gasteiger partial charge in [0.25, 0.3) is 0 Å². The van der Waals surface area contributed by atoms with Gasteiger partial charge < -0.3 is 4.74 Å². The van der Waals surface area contributed by atoms with Crippen LogP contribution < -0.4 is 0 Å². The predicted octanol–water partition coefficient (Wildman–Crippen LogP) is 2.57. The molecule has 18 heavy (non-hydrogen) atoms. The fourth-order valence-corrected chi connectivity index (χ4v) is 1.73. The zero-order chi connectivity index (χ0) is 13.1. The number of ether oxygens (including phenoxy) is 1. The predicted molar refractivity (Wildman–Crippen MR) is 69.3 cm³/mol. The van der Waals surface area contributed by atoms with Crippen LogP contribution in [0.15, 0.2) is 30.3 Å². The highest BCUT2D eigenvalue weighted by Crippen LogP contribution is 2.19. The molecule has 0 aliphatic heterocycles. The first-order valence-corrected chi connectivity index (χ1v) is 5.90. The first kappa shape index (κ1) is 12.4. The number of carbonyl (C=O) groups excluding carboxylic acids is 1. The molecule has 0 saturated heterocycles. The standard InChI is InChI=1S/C14H16N2O2/c1-4-18-14(17)13-9-12(15-16(13)3)11-7-5-10(2)6-8-11/h5-9H,4H2,1-3H3. The van der Waals surface area contributed by atoms with Crippen LogP contribution in [0.4, 0.5) is 0 Å². The van der Waals surface area contributed by atoms with Crippen LogP contribution in [-0.4, -0.2) is 22.4 Å². The fourth-order valence-electron chi connectivity index (χ4n) is 1.73. The van der Waals surface area contributed by atoms with E-state index in [1.807, 2.05) is 31.2 Å². The van der Waals surface area contributed by atoms with Crippen molar-refractivity contribution in [2.75, 3.05) is 6.61 Å². The number of carbonyl (C=O) groups is 1. The number of aromatic nitrogens is 2. The van der Waals surface area contributed by atoms with Crippen LogP contribution in [0.2, 0.25) is 0 Å². The van der Waals surface area contributed by atoms with E-state index in [2.05, 4.69) is 5.10 Å². The normalized spacial score (nSPS) is 10.4. The second kappa shape index (κ2) is 5.04. The summed E-state index contributed by atoms with van der Waals surface area (Å²) in [7, 11) is 1.74. The summed E-state index contributed by atoms with van der Waals surface area (Å²) < 4.78 is 6.53. The van der Waals surface area contributed by atoms with Crippen molar-refractivity contribution in [3.8, 4) is 11.3 Å². The van der Waals surface area contributed by atoms with Gasteiger partial charge in [0.05, 0.1) is 12.3 Å². The van der Waals surface area contributed by atoms with Gasteiger partial charge in [0.1, 0.15) is 5.69 Å². The lowest BCUT2D eigenvalue weighted by atomic mass is 10.1. The summed E-state index contributed by atoms with van der Waals surface area (Å²) >= 11 is 0. The third-order valence-electron chi connectivity index (χ3n) is 2.71. The Morgan fingerprint density at radius 1 is 1.33 bits per heavy atom. The van der Waals surface area contributed by atoms with Crippen LogP contribution in [0.1, 0.15) is 23.0 Å². The van der Waals surface area contributed by atoms with Crippen LogP contribution >= 0.6 is 0 Å². The summed E-state index contributed by atoms with van der Waals surface area (Å²) in [5, 5.41) is 4.33. The van der Waals surface area contributed by atoms with Gasteiger partial charge in [-0.15, -0.1) is 0 Å². The highest BCUT2D eigenvalue weighted by Gasteiger charge is 2.14. The monoisotopic (exact) mass is 244 g/mol. The van der Waals surface area contributed by atoms with E-state index in [9.17, 15) is 4.79 Å². The maximum absolute atomic E-state index is 11.7. The van der Waals surface area contributed by atoms with Gasteiger partial charge in [0.15, 0.2) is 0 Å². The number of hydrogen-bond donors (Lipinski definition) is 0. The van der Waals surface area contributed by atoms with Crippen LogP contribution in [0, 0.1) is 6.92 Å². The van der Waals surface area contributed by atoms with Crippen molar-refractivity contribution in [2.24, 2.45) is 7.05 Å². The van der Waals surface area contributed by atoms with E-state index >= 15 is 0 Å². The molecule has 0 fully saturated rings. The van der Waals surface area contributed by atoms with Gasteiger partial charge in [0.2, 0.25) is 0 Å². The van der Waals surface area contributed by atoms with E-state index in [1.54, 1.807) is 24.7 Å². The minimum Gasteiger partial charge on any atom is -0.461 e. The van der Waals surface area contributed by atoms with Gasteiger partial charge in [-0.1, -0.05) is 29.8 Å². The lowest BCUT2D eigenvalue weighted by molar-refractivity contribution is 0.0513. The molecule has 0 saturated carbocycles. The van der Waals surface area contributed by atoms with Crippen LogP contribution in [-0.2, 0) is 11.8 Å². The molecule has 0 atom stereocenters. The summed E-state index contributed by atoms with van der Waals surface area (Å²) in [5.41, 5.74) is 3.43. The Hall–Kier alpha value is -2.10. The maximum atomic E-state index is 11.7. The molecule has 1 aromatic heterocycles. The van der Waals surface area contributed by atoms with Crippen molar-refractivity contribution in [3.63, 3.8) is 0 Å². The first-order valence-electron chi connectivity index (χ1n) is 5.90. The summed E-state index contributed by atoms with van der Waals surface area (Å²) in [4.78, 5) is 11.7. The molecule has 0 unspecified atom stereocenters. The van der Waals surface area contributed by atoms with Gasteiger partial charge in [-0.3, -0.25) is 4.68 Å². The SMILES string of the molecule is CCOC(=O)c1cc(-c2ccc(C)cc2)nn1C. The number of rotatable bonds is 3. The Bertz CT molecular complexity index is 556. The van der Waals surface area contributed by atoms with Crippen molar-refractivity contribution >= 4 is 5.97 Å². The van der Waals surface area contributed by atoms with Gasteiger partial charge in [-0.25, -0.2) is 4.79 Å². The minimum absolute atomic E-state index is 0.342. The highest BCUT2D eigenvalue weighted by atomic mass is 16.5. The van der Waals surface area contributed by atoms with E-state index in [-0.39, 0.29) is 5.97 Å². The summed E-state index contributed by atoms with van der Waals surface area (Å²) in [6.07, 6.45) is 0. The molecule has 1 heterocycles. The molecular weight excluding hydrogens is 228 g/mol. The Morgan fingerprint density at radius 2 is 2.00 bits per heavy atom. The molecule has 0 radical (unpaired) electrons. The van der Waals surface area contributed by atoms with Crippen molar-refractivity contribution in [3.05, 3.63) is 41.6 Å². The van der Waals surface area contributed by atoms with Gasteiger partial charge >= 0.3 is 5.97 Å². The van der Waals surface area contributed by atoms with Crippen molar-refractivity contribution in [1.29, 1.82) is 0 Å². The Morgan fingerprint density at radius 3 is 2.61 bits per heavy atom. The zero-order valence-electron chi connectivity index (χ0n) is 10.8. The quantitative estimate of drug-likeness (QED) is 0.779. The highest BCUT2D eigenvalue weighted by molar-refractivity contribution is 5.89. The molecule has 0 bridgehead atoms. The number of aryl methyl sites for hydroxylation is 2. The molecular formula is C14H16N2O2. The third kappa shape index (κ3) is 2.42. The zero-order valence-corrected chi connectivity index (χ0v) is 10.8. The Labute approximate surface area is 106 Å². The van der Waals surface area contributed by atoms with E-state index in [1.165, 1.54) is 5.56 Å². The summed E-state index contributed by atoms with van der Waals surface area (Å²) in [6, 6.07) is 9.78. The largest absolute Gasteiger partial charge is 0.461 e. The van der Waals surface area contributed by atoms with Crippen LogP contribution in [0.3, 0.4) is 0 Å². The lowest BCUT2D eigenvalue weighted by Gasteiger charge is -1.99. The molecule has 0 aliphatic carbocycles. The number of esters is 1. The number of benzene rings is 1. The van der Waals surface area contributed by atoms with E-state index < -0.39 is 0 Å². The Kier molecular flexibility index (Phi) is 3.46. The molecule has 4 nitrogen and oxygen atoms in total. The minimum atomic E-state index is -0.342. The third-order valence-corrected chi connectivity index (χ3v) is 2.71. The first-order chi connectivity index (χ1) is 8.61. The molecule has 0 N–H and O–H groups in total. The van der Waals surface area contributed by atoms with Crippen LogP contribution in [0.5, 0.6) is 0 Å². The van der Waals surface area contributed by atoms with Crippen molar-refractivity contribution in [1.82, 2.24) is 9.78 Å². The lowest BCUT2D eigenvalue weighted by Crippen LogP contribution is -2.10.